The fourth-order valence-electron chi connectivity index (χ4n) is 1.42. The van der Waals surface area contributed by atoms with E-state index in [1.165, 1.54) is 25.3 Å². The van der Waals surface area contributed by atoms with Crippen molar-refractivity contribution >= 4 is 31.4 Å². The molecule has 0 unspecified atom stereocenters. The third-order valence-corrected chi connectivity index (χ3v) is 4.98. The highest BCUT2D eigenvalue weighted by molar-refractivity contribution is 7.95. The normalized spacial score (nSPS) is 11.9. The summed E-state index contributed by atoms with van der Waals surface area (Å²) in [6, 6.07) is 4.27. The monoisotopic (exact) mass is 335 g/mol. The lowest BCUT2D eigenvalue weighted by molar-refractivity contribution is 0.417. The molecule has 0 bridgehead atoms. The number of hydrogen-bond acceptors (Lipinski definition) is 6. The van der Waals surface area contributed by atoms with E-state index in [1.54, 1.807) is 0 Å². The van der Waals surface area contributed by atoms with Gasteiger partial charge in [-0.2, -0.15) is 0 Å². The van der Waals surface area contributed by atoms with E-state index >= 15 is 0 Å². The van der Waals surface area contributed by atoms with Gasteiger partial charge in [0.1, 0.15) is 21.4 Å². The Morgan fingerprint density at radius 3 is 2.38 bits per heavy atom. The first-order valence-electron chi connectivity index (χ1n) is 5.75. The third kappa shape index (κ3) is 5.60. The van der Waals surface area contributed by atoms with Gasteiger partial charge in [-0.15, -0.1) is 0 Å². The van der Waals surface area contributed by atoms with E-state index in [0.717, 1.165) is 6.26 Å². The van der Waals surface area contributed by atoms with Crippen LogP contribution in [0.1, 0.15) is 5.56 Å². The summed E-state index contributed by atoms with van der Waals surface area (Å²) in [5.41, 5.74) is 5.86. The Kier molecular flexibility index (Phi) is 5.18. The molecule has 4 N–H and O–H groups in total. The smallest absolute Gasteiger partial charge is 0.233 e. The standard InChI is InChI=1S/C11H17N3O5S2/c1-19-10-7-8(11(12)13)3-4-9(10)14-21(17,18)6-5-20(2,15)16/h3-4,7,14H,5-6H2,1-2H3,(H3,12,13). The molecular formula is C11H17N3O5S2. The summed E-state index contributed by atoms with van der Waals surface area (Å²) < 4.78 is 53.0. The van der Waals surface area contributed by atoms with Gasteiger partial charge in [-0.25, -0.2) is 16.8 Å². The van der Waals surface area contributed by atoms with E-state index in [-0.39, 0.29) is 17.3 Å². The van der Waals surface area contributed by atoms with Crippen LogP contribution in [-0.2, 0) is 19.9 Å². The Hall–Kier alpha value is -1.81. The Bertz CT molecular complexity index is 741. The summed E-state index contributed by atoms with van der Waals surface area (Å²) in [5, 5.41) is 7.31. The number of rotatable bonds is 7. The first-order chi connectivity index (χ1) is 9.54. The topological polar surface area (TPSA) is 139 Å². The molecule has 0 amide bonds. The molecule has 0 aliphatic heterocycles. The maximum absolute atomic E-state index is 11.8. The third-order valence-electron chi connectivity index (χ3n) is 2.50. The molecule has 0 aliphatic carbocycles. The zero-order valence-electron chi connectivity index (χ0n) is 11.6. The Balaban J connectivity index is 2.99. The largest absolute Gasteiger partial charge is 0.495 e. The van der Waals surface area contributed by atoms with Crippen molar-refractivity contribution in [2.24, 2.45) is 5.73 Å². The number of sulfonamides is 1. The fourth-order valence-corrected chi connectivity index (χ4v) is 4.12. The highest BCUT2D eigenvalue weighted by Crippen LogP contribution is 2.26. The van der Waals surface area contributed by atoms with Gasteiger partial charge in [-0.1, -0.05) is 0 Å². The van der Waals surface area contributed by atoms with Gasteiger partial charge >= 0.3 is 0 Å². The molecular weight excluding hydrogens is 318 g/mol. The average Bonchev–Trinajstić information content (AvgIpc) is 2.35. The van der Waals surface area contributed by atoms with Gasteiger partial charge in [-0.3, -0.25) is 10.1 Å². The zero-order chi connectivity index (χ0) is 16.3. The van der Waals surface area contributed by atoms with Gasteiger partial charge in [-0.05, 0) is 18.2 Å². The number of methoxy groups -OCH3 is 1. The van der Waals surface area contributed by atoms with Crippen LogP contribution >= 0.6 is 0 Å². The minimum absolute atomic E-state index is 0.149. The van der Waals surface area contributed by atoms with Gasteiger partial charge in [0.2, 0.25) is 10.0 Å². The van der Waals surface area contributed by atoms with Crippen molar-refractivity contribution in [3.05, 3.63) is 23.8 Å². The van der Waals surface area contributed by atoms with Crippen LogP contribution in [0.4, 0.5) is 5.69 Å². The SMILES string of the molecule is COc1cc(C(=N)N)ccc1NS(=O)(=O)CCS(C)(=O)=O. The maximum Gasteiger partial charge on any atom is 0.233 e. The number of benzene rings is 1. The molecule has 0 atom stereocenters. The summed E-state index contributed by atoms with van der Waals surface area (Å²) in [6.07, 6.45) is 0.963. The molecule has 0 aromatic heterocycles. The average molecular weight is 335 g/mol. The van der Waals surface area contributed by atoms with Crippen molar-refractivity contribution in [1.29, 1.82) is 5.41 Å². The number of nitrogens with one attached hydrogen (secondary N) is 2. The van der Waals surface area contributed by atoms with Crippen molar-refractivity contribution in [3.8, 4) is 5.75 Å². The second kappa shape index (κ2) is 6.31. The minimum Gasteiger partial charge on any atom is -0.495 e. The molecule has 118 valence electrons. The molecule has 0 aliphatic rings. The maximum atomic E-state index is 11.8. The number of nitrogens with two attached hydrogens (primary N) is 1. The molecule has 8 nitrogen and oxygen atoms in total. The Morgan fingerprint density at radius 1 is 1.29 bits per heavy atom. The first-order valence-corrected chi connectivity index (χ1v) is 9.46. The zero-order valence-corrected chi connectivity index (χ0v) is 13.2. The van der Waals surface area contributed by atoms with Crippen molar-refractivity contribution in [3.63, 3.8) is 0 Å². The molecule has 10 heteroatoms. The summed E-state index contributed by atoms with van der Waals surface area (Å²) in [5.74, 6) is -1.02. The van der Waals surface area contributed by atoms with Crippen LogP contribution < -0.4 is 15.2 Å². The van der Waals surface area contributed by atoms with Gasteiger partial charge in [0.05, 0.1) is 24.3 Å². The van der Waals surface area contributed by atoms with Crippen molar-refractivity contribution < 1.29 is 21.6 Å². The van der Waals surface area contributed by atoms with Gasteiger partial charge in [0.15, 0.2) is 0 Å². The first kappa shape index (κ1) is 17.2. The molecule has 1 aromatic carbocycles. The van der Waals surface area contributed by atoms with Crippen molar-refractivity contribution in [2.75, 3.05) is 29.6 Å². The number of amidine groups is 1. The lowest BCUT2D eigenvalue weighted by Crippen LogP contribution is -2.22. The van der Waals surface area contributed by atoms with Crippen LogP contribution in [0.15, 0.2) is 18.2 Å². The fraction of sp³-hybridized carbons (Fsp3) is 0.364. The summed E-state index contributed by atoms with van der Waals surface area (Å²) in [6.45, 7) is 0. The van der Waals surface area contributed by atoms with Crippen LogP contribution in [0, 0.1) is 5.41 Å². The summed E-state index contributed by atoms with van der Waals surface area (Å²) >= 11 is 0. The van der Waals surface area contributed by atoms with Gasteiger partial charge in [0.25, 0.3) is 0 Å². The molecule has 0 saturated carbocycles. The number of sulfone groups is 1. The van der Waals surface area contributed by atoms with E-state index in [9.17, 15) is 16.8 Å². The predicted octanol–water partition coefficient (Wildman–Crippen LogP) is -0.234. The highest BCUT2D eigenvalue weighted by Gasteiger charge is 2.17. The number of nitrogen functional groups attached to an aromatic ring is 1. The minimum atomic E-state index is -3.83. The van der Waals surface area contributed by atoms with Crippen molar-refractivity contribution in [1.82, 2.24) is 0 Å². The molecule has 0 saturated heterocycles. The second-order valence-electron chi connectivity index (χ2n) is 4.38. The summed E-state index contributed by atoms with van der Waals surface area (Å²) in [7, 11) is -5.87. The van der Waals surface area contributed by atoms with Crippen LogP contribution in [0.3, 0.4) is 0 Å². The van der Waals surface area contributed by atoms with E-state index in [0.29, 0.717) is 5.56 Å². The van der Waals surface area contributed by atoms with Crippen LogP contribution in [0.25, 0.3) is 0 Å². The predicted molar refractivity (Wildman–Crippen MR) is 81.1 cm³/mol. The highest BCUT2D eigenvalue weighted by atomic mass is 32.2. The molecule has 1 rings (SSSR count). The lowest BCUT2D eigenvalue weighted by atomic mass is 10.2. The van der Waals surface area contributed by atoms with Gasteiger partial charge in [0, 0.05) is 11.8 Å². The van der Waals surface area contributed by atoms with E-state index in [1.807, 2.05) is 0 Å². The van der Waals surface area contributed by atoms with E-state index < -0.39 is 31.4 Å². The quantitative estimate of drug-likeness (QED) is 0.464. The summed E-state index contributed by atoms with van der Waals surface area (Å²) in [4.78, 5) is 0. The molecule has 0 fully saturated rings. The molecule has 0 spiro atoms. The molecule has 21 heavy (non-hydrogen) atoms. The van der Waals surface area contributed by atoms with Crippen LogP contribution in [0.5, 0.6) is 5.75 Å². The number of anilines is 1. The van der Waals surface area contributed by atoms with Crippen LogP contribution in [0.2, 0.25) is 0 Å². The molecule has 0 heterocycles. The number of ether oxygens (including phenoxy) is 1. The molecule has 0 radical (unpaired) electrons. The van der Waals surface area contributed by atoms with E-state index in [4.69, 9.17) is 15.9 Å². The van der Waals surface area contributed by atoms with E-state index in [2.05, 4.69) is 4.72 Å². The Labute approximate surface area is 123 Å². The van der Waals surface area contributed by atoms with Crippen LogP contribution in [-0.4, -0.2) is 47.5 Å². The van der Waals surface area contributed by atoms with Crippen molar-refractivity contribution in [2.45, 2.75) is 0 Å². The van der Waals surface area contributed by atoms with Gasteiger partial charge < -0.3 is 10.5 Å². The number of hydrogen-bond donors (Lipinski definition) is 3. The molecule has 1 aromatic rings. The lowest BCUT2D eigenvalue weighted by Gasteiger charge is -2.12. The second-order valence-corrected chi connectivity index (χ2v) is 8.48. The Morgan fingerprint density at radius 2 is 1.90 bits per heavy atom.